The summed E-state index contributed by atoms with van der Waals surface area (Å²) < 4.78 is 10.2. The molecule has 2 amide bonds. The van der Waals surface area contributed by atoms with Gasteiger partial charge >= 0.3 is 12.2 Å². The topological polar surface area (TPSA) is 208 Å². The third-order valence-electron chi connectivity index (χ3n) is 3.97. The van der Waals surface area contributed by atoms with Crippen LogP contribution in [0.2, 0.25) is 0 Å². The Labute approximate surface area is 266 Å². The van der Waals surface area contributed by atoms with Crippen LogP contribution < -0.4 is 27.7 Å². The van der Waals surface area contributed by atoms with Gasteiger partial charge in [-0.2, -0.15) is 0 Å². The van der Waals surface area contributed by atoms with Gasteiger partial charge in [-0.3, -0.25) is 37.3 Å². The summed E-state index contributed by atoms with van der Waals surface area (Å²) in [5.41, 5.74) is 14.6. The van der Waals surface area contributed by atoms with E-state index in [2.05, 4.69) is 43.0 Å². The molecule has 240 valence electrons. The molecule has 0 atom stereocenters. The highest BCUT2D eigenvalue weighted by molar-refractivity contribution is 14.1. The molecule has 0 unspecified atom stereocenters. The minimum Gasteiger partial charge on any atom is -0.444 e. The molecular weight excluding hydrogens is 673 g/mol. The Morgan fingerprint density at radius 2 is 1.12 bits per heavy atom. The normalized spacial score (nSPS) is 9.67. The van der Waals surface area contributed by atoms with Crippen molar-refractivity contribution in [1.29, 1.82) is 0 Å². The minimum absolute atomic E-state index is 0.453. The number of rotatable bonds is 3. The smallest absolute Gasteiger partial charge is 0.431 e. The largest absolute Gasteiger partial charge is 0.444 e. The lowest BCUT2D eigenvalue weighted by molar-refractivity contribution is 0.0228. The molecule has 10 N–H and O–H groups in total. The Bertz CT molecular complexity index is 1160. The van der Waals surface area contributed by atoms with Crippen LogP contribution in [-0.4, -0.2) is 44.2 Å². The highest BCUT2D eigenvalue weighted by Gasteiger charge is 2.14. The first-order chi connectivity index (χ1) is 20.0. The number of primary amides is 1. The van der Waals surface area contributed by atoms with Crippen LogP contribution in [-0.2, 0) is 9.47 Å². The fourth-order valence-electron chi connectivity index (χ4n) is 2.30. The minimum atomic E-state index is -0.831. The Kier molecular flexibility index (Phi) is 21.8. The van der Waals surface area contributed by atoms with Gasteiger partial charge in [-0.15, -0.1) is 0 Å². The third-order valence-corrected chi connectivity index (χ3v) is 4.92. The van der Waals surface area contributed by atoms with Gasteiger partial charge in [-0.05, 0) is 107 Å². The number of aryl methyl sites for hydroxylation is 1. The summed E-state index contributed by atoms with van der Waals surface area (Å²) in [6.07, 6.45) is -1.56. The molecular formula is C29H44IN5O8. The number of carbonyl (C=O) groups excluding carboxylic acids is 2. The quantitative estimate of drug-likeness (QED) is 0.0755. The highest BCUT2D eigenvalue weighted by Crippen LogP contribution is 2.15. The van der Waals surface area contributed by atoms with Gasteiger partial charge in [-0.1, -0.05) is 48.0 Å². The molecule has 3 rings (SSSR count). The number of halogens is 1. The first-order valence-electron chi connectivity index (χ1n) is 12.7. The second kappa shape index (κ2) is 22.7. The molecule has 0 fully saturated rings. The number of nitrogens with one attached hydrogen (secondary N) is 4. The first-order valence-corrected chi connectivity index (χ1v) is 13.7. The summed E-state index contributed by atoms with van der Waals surface area (Å²) in [7, 11) is 0. The van der Waals surface area contributed by atoms with E-state index in [1.165, 1.54) is 11.0 Å². The van der Waals surface area contributed by atoms with E-state index in [4.69, 9.17) is 26.6 Å². The molecule has 0 heterocycles. The molecule has 0 aliphatic carbocycles. The third kappa shape index (κ3) is 26.8. The maximum atomic E-state index is 10.2. The zero-order valence-electron chi connectivity index (χ0n) is 25.4. The van der Waals surface area contributed by atoms with E-state index in [9.17, 15) is 9.59 Å². The predicted molar refractivity (Wildman–Crippen MR) is 175 cm³/mol. The van der Waals surface area contributed by atoms with Gasteiger partial charge in [0.1, 0.15) is 11.2 Å². The molecule has 3 aromatic rings. The van der Waals surface area contributed by atoms with Crippen LogP contribution in [0.15, 0.2) is 78.9 Å². The van der Waals surface area contributed by atoms with Gasteiger partial charge in [0.05, 0.1) is 17.1 Å². The van der Waals surface area contributed by atoms with Gasteiger partial charge < -0.3 is 15.2 Å². The molecule has 0 aliphatic heterocycles. The average molecular weight is 718 g/mol. The van der Waals surface area contributed by atoms with Gasteiger partial charge in [-0.25, -0.2) is 15.1 Å². The molecule has 43 heavy (non-hydrogen) atoms. The number of anilines is 3. The van der Waals surface area contributed by atoms with E-state index < -0.39 is 23.4 Å². The van der Waals surface area contributed by atoms with E-state index in [0.29, 0.717) is 5.69 Å². The van der Waals surface area contributed by atoms with Crippen molar-refractivity contribution in [3.8, 4) is 0 Å². The van der Waals surface area contributed by atoms with Crippen LogP contribution in [0, 0.1) is 10.5 Å². The summed E-state index contributed by atoms with van der Waals surface area (Å²) in [4.78, 5) is 20.3. The number of hydrogen-bond donors (Lipinski definition) is 9. The fraction of sp³-hybridized carbons (Fsp3) is 0.310. The zero-order chi connectivity index (χ0) is 33.5. The molecule has 0 spiro atoms. The maximum Gasteiger partial charge on any atom is 0.431 e. The summed E-state index contributed by atoms with van der Waals surface area (Å²) in [6.45, 7) is 12.4. The summed E-state index contributed by atoms with van der Waals surface area (Å²) >= 11 is 2.14. The van der Waals surface area contributed by atoms with E-state index in [1.807, 2.05) is 79.1 Å². The van der Waals surface area contributed by atoms with Crippen molar-refractivity contribution in [1.82, 2.24) is 5.48 Å². The van der Waals surface area contributed by atoms with Crippen molar-refractivity contribution < 1.29 is 39.9 Å². The van der Waals surface area contributed by atoms with Crippen LogP contribution >= 0.6 is 22.6 Å². The van der Waals surface area contributed by atoms with E-state index in [0.717, 1.165) is 14.9 Å². The fourth-order valence-corrected chi connectivity index (χ4v) is 2.80. The second-order valence-electron chi connectivity index (χ2n) is 10.2. The number of ether oxygens (including phenoxy) is 2. The monoisotopic (exact) mass is 717 g/mol. The van der Waals surface area contributed by atoms with E-state index >= 15 is 0 Å². The summed E-state index contributed by atoms with van der Waals surface area (Å²) in [6, 6.07) is 24.1. The molecule has 0 saturated carbocycles. The van der Waals surface area contributed by atoms with Crippen LogP contribution in [0.5, 0.6) is 0 Å². The molecule has 0 aliphatic rings. The number of amides is 2. The van der Waals surface area contributed by atoms with Gasteiger partial charge in [0.15, 0.2) is 0 Å². The average Bonchev–Trinajstić information content (AvgIpc) is 2.93. The van der Waals surface area contributed by atoms with Crippen molar-refractivity contribution in [3.63, 3.8) is 0 Å². The number of hydroxylamine groups is 1. The van der Waals surface area contributed by atoms with Gasteiger partial charge in [0.2, 0.25) is 0 Å². The van der Waals surface area contributed by atoms with Crippen molar-refractivity contribution >= 4 is 51.8 Å². The lowest BCUT2D eigenvalue weighted by Crippen LogP contribution is -2.30. The molecule has 0 bridgehead atoms. The van der Waals surface area contributed by atoms with Gasteiger partial charge in [0.25, 0.3) is 0 Å². The zero-order valence-corrected chi connectivity index (χ0v) is 27.5. The lowest BCUT2D eigenvalue weighted by atomic mass is 10.2. The Balaban J connectivity index is 0. The van der Waals surface area contributed by atoms with Crippen LogP contribution in [0.25, 0.3) is 0 Å². The second-order valence-corrected chi connectivity index (χ2v) is 11.4. The van der Waals surface area contributed by atoms with Crippen molar-refractivity contribution in [2.75, 3.05) is 16.4 Å². The molecule has 14 heteroatoms. The number of benzene rings is 3. The molecule has 13 nitrogen and oxygen atoms in total. The predicted octanol–water partition coefficient (Wildman–Crippen LogP) is 7.16. The number of nitrogens with two attached hydrogens (primary N) is 1. The number of hydrogen-bond acceptors (Lipinski definition) is 11. The van der Waals surface area contributed by atoms with Crippen LogP contribution in [0.1, 0.15) is 47.1 Å². The van der Waals surface area contributed by atoms with Crippen LogP contribution in [0.4, 0.5) is 26.7 Å². The maximum absolute atomic E-state index is 10.2. The number of para-hydroxylation sites is 2. The lowest BCUT2D eigenvalue weighted by Gasteiger charge is -2.17. The molecule has 3 aromatic carbocycles. The molecule has 0 aromatic heterocycles. The Morgan fingerprint density at radius 1 is 0.674 bits per heavy atom. The van der Waals surface area contributed by atoms with Crippen molar-refractivity contribution in [2.45, 2.75) is 59.7 Å². The Morgan fingerprint density at radius 3 is 1.40 bits per heavy atom. The SMILES string of the molecule is CC(C)(C)OC(=O)NO.CC(C)(C)OC(N)=O.Cc1ccc(NO)cc1.ONc1ccccc1.ONc1ccccc1I. The molecule has 0 radical (unpaired) electrons. The van der Waals surface area contributed by atoms with E-state index in [1.54, 1.807) is 53.7 Å². The summed E-state index contributed by atoms with van der Waals surface area (Å²) in [5, 5.41) is 33.1. The standard InChI is InChI=1S/C7H9NO.C6H6INO.C6H7NO.C5H11NO3.C5H11NO2/c1-6-2-4-7(8-9)5-3-6;7-5-3-1-2-4-6(5)8-9;8-7-6-4-2-1-3-5-6;1-5(2,3)9-4(7)6-8;1-5(2,3)8-4(6)7/h2-5,8-9H,1H3;1-4,8-9H;1-5,7-8H;8H,1-3H3,(H,6,7);1-3H3,(H2,6,7). The van der Waals surface area contributed by atoms with Crippen molar-refractivity contribution in [3.05, 3.63) is 88.0 Å². The number of carbonyl (C=O) groups is 2. The van der Waals surface area contributed by atoms with Crippen molar-refractivity contribution in [2.24, 2.45) is 5.73 Å². The first kappa shape index (κ1) is 41.3. The molecule has 0 saturated heterocycles. The highest BCUT2D eigenvalue weighted by atomic mass is 127. The van der Waals surface area contributed by atoms with Gasteiger partial charge in [0, 0.05) is 3.57 Å². The van der Waals surface area contributed by atoms with E-state index in [-0.39, 0.29) is 0 Å². The van der Waals surface area contributed by atoms with Crippen LogP contribution in [0.3, 0.4) is 0 Å². The Hall–Kier alpha value is -3.83. The summed E-state index contributed by atoms with van der Waals surface area (Å²) in [5.74, 6) is 0.